The fourth-order valence-electron chi connectivity index (χ4n) is 0. The van der Waals surface area contributed by atoms with Gasteiger partial charge >= 0.3 is 82.5 Å². The molecule has 0 aliphatic rings. The first kappa shape index (κ1) is 189. The third kappa shape index (κ3) is 129. The topological polar surface area (TPSA) is 142 Å². The normalized spacial score (nSPS) is 0. The van der Waals surface area contributed by atoms with E-state index in [-0.39, 0.29) is 156 Å². The molecule has 0 saturated carbocycles. The molecular weight excluding hydrogens is 375 g/mol. The molecule has 0 radical (unpaired) electrons. The van der Waals surface area contributed by atoms with Crippen molar-refractivity contribution in [3.05, 3.63) is 0 Å². The van der Waals surface area contributed by atoms with Crippen molar-refractivity contribution in [3.8, 4) is 0 Å². The zero-order valence-corrected chi connectivity index (χ0v) is 13.5. The molecule has 0 aromatic carbocycles. The molecule has 0 bridgehead atoms. The van der Waals surface area contributed by atoms with Crippen molar-refractivity contribution >= 4 is 0 Å². The average Bonchev–Trinajstić information content (AvgIpc) is 0. The van der Waals surface area contributed by atoms with Gasteiger partial charge in [-0.3, -0.25) is 0 Å². The van der Waals surface area contributed by atoms with Crippen LogP contribution in [0.15, 0.2) is 0 Å². The zero-order chi connectivity index (χ0) is 0. The smallest absolute Gasteiger partial charge is 2.00 e. The monoisotopic (exact) mass is 378 g/mol. The van der Waals surface area contributed by atoms with E-state index in [1.807, 2.05) is 0 Å². The summed E-state index contributed by atoms with van der Waals surface area (Å²) in [6.45, 7) is 0. The van der Waals surface area contributed by atoms with Gasteiger partial charge in [0, 0.05) is 43.4 Å². The summed E-state index contributed by atoms with van der Waals surface area (Å²) in [4.78, 5) is 0. The van der Waals surface area contributed by atoms with Crippen LogP contribution in [0, 0.1) is 0 Å². The molecule has 0 spiro atoms. The molecule has 0 unspecified atom stereocenters. The number of hydrogen-bond acceptors (Lipinski definition) is 0. The van der Waals surface area contributed by atoms with E-state index < -0.39 is 0 Å². The van der Waals surface area contributed by atoms with Crippen molar-refractivity contribution in [1.29, 1.82) is 0 Å². The van der Waals surface area contributed by atoms with Gasteiger partial charge in [0.25, 0.3) is 0 Å². The Morgan fingerprint density at radius 3 is 0.455 bits per heavy atom. The quantitative estimate of drug-likeness (QED) is 0.370. The van der Waals surface area contributed by atoms with Gasteiger partial charge in [-0.1, -0.05) is 0 Å². The maximum atomic E-state index is 0. The summed E-state index contributed by atoms with van der Waals surface area (Å²) in [5, 5.41) is 0. The molecule has 0 aliphatic heterocycles. The SMILES string of the molecule is [H-].[H-].[Li+].[Li+].[Nb+5].[Nb+5].[O-2].[O-2].[O-2].[O-2].[O-2].[Ti].[Ti]. The van der Waals surface area contributed by atoms with Crippen molar-refractivity contribution in [2.24, 2.45) is 0 Å². The minimum atomic E-state index is 0. The van der Waals surface area contributed by atoms with Gasteiger partial charge in [0.1, 0.15) is 0 Å². The van der Waals surface area contributed by atoms with E-state index >= 15 is 0 Å². The van der Waals surface area contributed by atoms with E-state index in [0.717, 1.165) is 0 Å². The second-order valence-electron chi connectivity index (χ2n) is 0. The Labute approximate surface area is 154 Å². The van der Waals surface area contributed by atoms with Crippen molar-refractivity contribution in [1.82, 2.24) is 0 Å². The van der Waals surface area contributed by atoms with Gasteiger partial charge < -0.3 is 30.2 Å². The summed E-state index contributed by atoms with van der Waals surface area (Å²) in [5.41, 5.74) is 0. The van der Waals surface area contributed by atoms with Crippen molar-refractivity contribution in [3.63, 3.8) is 0 Å². The molecule has 0 N–H and O–H groups in total. The van der Waals surface area contributed by atoms with Gasteiger partial charge in [0.2, 0.25) is 0 Å². The van der Waals surface area contributed by atoms with E-state index in [9.17, 15) is 0 Å². The summed E-state index contributed by atoms with van der Waals surface area (Å²) in [6.07, 6.45) is 0. The Hall–Kier alpha value is 3.90. The van der Waals surface area contributed by atoms with E-state index in [0.29, 0.717) is 0 Å². The molecular formula is H2Li2Nb2O5Ti2. The summed E-state index contributed by atoms with van der Waals surface area (Å²) in [7, 11) is 0. The Morgan fingerprint density at radius 2 is 0.455 bits per heavy atom. The van der Waals surface area contributed by atoms with Crippen LogP contribution in [-0.4, -0.2) is 0 Å². The van der Waals surface area contributed by atoms with Crippen molar-refractivity contribution in [2.75, 3.05) is 0 Å². The third-order valence-electron chi connectivity index (χ3n) is 0. The third-order valence-corrected chi connectivity index (χ3v) is 0. The van der Waals surface area contributed by atoms with Gasteiger partial charge in [-0.15, -0.1) is 0 Å². The fraction of sp³-hybridized carbons (Fsp3) is 0. The molecule has 0 fully saturated rings. The summed E-state index contributed by atoms with van der Waals surface area (Å²) < 4.78 is 0. The fourth-order valence-corrected chi connectivity index (χ4v) is 0. The molecule has 0 rings (SSSR count). The minimum Gasteiger partial charge on any atom is -2.00 e. The summed E-state index contributed by atoms with van der Waals surface area (Å²) in [5.74, 6) is 0. The molecule has 0 amide bonds. The maximum Gasteiger partial charge on any atom is 5.00 e. The van der Waals surface area contributed by atoms with Crippen molar-refractivity contribution < 1.29 is 156 Å². The van der Waals surface area contributed by atoms with Gasteiger partial charge in [0.15, 0.2) is 0 Å². The molecule has 0 aliphatic carbocycles. The summed E-state index contributed by atoms with van der Waals surface area (Å²) in [6, 6.07) is 0. The number of rotatable bonds is 0. The first-order chi connectivity index (χ1) is 0. The Morgan fingerprint density at radius 1 is 0.455 bits per heavy atom. The Balaban J connectivity index is 0. The molecule has 0 saturated heterocycles. The van der Waals surface area contributed by atoms with Crippen LogP contribution in [-0.2, 0) is 116 Å². The van der Waals surface area contributed by atoms with Crippen LogP contribution in [0.2, 0.25) is 0 Å². The van der Waals surface area contributed by atoms with Crippen LogP contribution < -0.4 is 37.7 Å². The Bertz CT molecular complexity index is 28.5. The molecule has 0 aromatic rings. The van der Waals surface area contributed by atoms with Gasteiger partial charge in [0.05, 0.1) is 0 Å². The average molecular weight is 377 g/mol. The van der Waals surface area contributed by atoms with E-state index in [2.05, 4.69) is 0 Å². The van der Waals surface area contributed by atoms with Gasteiger partial charge in [-0.2, -0.15) is 0 Å². The molecule has 0 atom stereocenters. The minimum absolute atomic E-state index is 0. The molecule has 0 heterocycles. The predicted octanol–water partition coefficient (Wildman–Crippen LogP) is -6.37. The van der Waals surface area contributed by atoms with Gasteiger partial charge in [-0.05, 0) is 0 Å². The van der Waals surface area contributed by atoms with Crippen LogP contribution in [0.5, 0.6) is 0 Å². The maximum absolute atomic E-state index is 0. The van der Waals surface area contributed by atoms with Gasteiger partial charge in [-0.25, -0.2) is 0 Å². The van der Waals surface area contributed by atoms with Crippen LogP contribution in [0.3, 0.4) is 0 Å². The van der Waals surface area contributed by atoms with E-state index in [4.69, 9.17) is 0 Å². The molecule has 0 aromatic heterocycles. The second kappa shape index (κ2) is 152. The Kier molecular flexibility index (Phi) is 2610. The second-order valence-corrected chi connectivity index (χ2v) is 0. The van der Waals surface area contributed by atoms with E-state index in [1.54, 1.807) is 0 Å². The van der Waals surface area contributed by atoms with Crippen LogP contribution in [0.25, 0.3) is 0 Å². The molecule has 11 heteroatoms. The van der Waals surface area contributed by atoms with Crippen LogP contribution in [0.1, 0.15) is 2.85 Å². The van der Waals surface area contributed by atoms with Crippen LogP contribution >= 0.6 is 0 Å². The van der Waals surface area contributed by atoms with Crippen LogP contribution in [0.4, 0.5) is 0 Å². The molecule has 52 valence electrons. The predicted molar refractivity (Wildman–Crippen MR) is 5.66 cm³/mol. The first-order valence-electron chi connectivity index (χ1n) is 0. The van der Waals surface area contributed by atoms with Crippen molar-refractivity contribution in [2.45, 2.75) is 0 Å². The molecule has 11 heavy (non-hydrogen) atoms. The first-order valence-corrected chi connectivity index (χ1v) is 0. The largest absolute Gasteiger partial charge is 5.00 e. The molecule has 5 nitrogen and oxygen atoms in total. The zero-order valence-electron chi connectivity index (χ0n) is 7.94. The summed E-state index contributed by atoms with van der Waals surface area (Å²) >= 11 is 0. The number of hydrogen-bond donors (Lipinski definition) is 0. The van der Waals surface area contributed by atoms with E-state index in [1.165, 1.54) is 0 Å². The standard InChI is InChI=1S/2Li.2Nb.5O.2Ti.2H/q2*+1;2*+5;5*-2;;;2*-1.